The summed E-state index contributed by atoms with van der Waals surface area (Å²) in [6.45, 7) is 0.120. The fourth-order valence-electron chi connectivity index (χ4n) is 1.37. The highest BCUT2D eigenvalue weighted by Gasteiger charge is 2.16. The molecule has 0 fully saturated rings. The molecule has 1 unspecified atom stereocenters. The Bertz CT molecular complexity index is 313. The fourth-order valence-corrected chi connectivity index (χ4v) is 2.36. The SMILES string of the molecule is COC(=O)CC(SCCO)c1ccccc1. The average Bonchev–Trinajstić information content (AvgIpc) is 2.35. The smallest absolute Gasteiger partial charge is 0.306 e. The molecule has 0 radical (unpaired) electrons. The number of esters is 1. The Kier molecular flexibility index (Phi) is 5.96. The van der Waals surface area contributed by atoms with Crippen LogP contribution in [-0.4, -0.2) is 30.5 Å². The van der Waals surface area contributed by atoms with Crippen molar-refractivity contribution in [2.75, 3.05) is 19.5 Å². The van der Waals surface area contributed by atoms with E-state index in [2.05, 4.69) is 4.74 Å². The van der Waals surface area contributed by atoms with E-state index in [0.717, 1.165) is 5.56 Å². The third-order valence-electron chi connectivity index (χ3n) is 2.16. The Hall–Kier alpha value is -1.00. The van der Waals surface area contributed by atoms with Gasteiger partial charge in [-0.1, -0.05) is 30.3 Å². The Morgan fingerprint density at radius 1 is 1.44 bits per heavy atom. The molecule has 1 atom stereocenters. The highest BCUT2D eigenvalue weighted by atomic mass is 32.2. The van der Waals surface area contributed by atoms with Crippen LogP contribution in [0.5, 0.6) is 0 Å². The number of hydrogen-bond acceptors (Lipinski definition) is 4. The van der Waals surface area contributed by atoms with E-state index in [4.69, 9.17) is 5.11 Å². The van der Waals surface area contributed by atoms with Crippen molar-refractivity contribution < 1.29 is 14.6 Å². The van der Waals surface area contributed by atoms with Gasteiger partial charge < -0.3 is 9.84 Å². The number of rotatable bonds is 6. The van der Waals surface area contributed by atoms with Gasteiger partial charge in [-0.3, -0.25) is 4.79 Å². The number of hydrogen-bond donors (Lipinski definition) is 1. The summed E-state index contributed by atoms with van der Waals surface area (Å²) in [6.07, 6.45) is 0.338. The molecule has 0 aromatic heterocycles. The lowest BCUT2D eigenvalue weighted by Crippen LogP contribution is -2.07. The molecular weight excluding hydrogens is 224 g/mol. The van der Waals surface area contributed by atoms with Crippen LogP contribution in [0, 0.1) is 0 Å². The van der Waals surface area contributed by atoms with Gasteiger partial charge in [-0.25, -0.2) is 0 Å². The minimum absolute atomic E-state index is 0.0563. The molecule has 0 aliphatic heterocycles. The lowest BCUT2D eigenvalue weighted by molar-refractivity contribution is -0.140. The molecular formula is C12H16O3S. The Labute approximate surface area is 99.8 Å². The molecule has 88 valence electrons. The van der Waals surface area contributed by atoms with Crippen molar-refractivity contribution in [2.45, 2.75) is 11.7 Å². The Morgan fingerprint density at radius 2 is 2.12 bits per heavy atom. The molecule has 1 N–H and O–H groups in total. The molecule has 0 saturated heterocycles. The minimum atomic E-state index is -0.223. The number of ether oxygens (including phenoxy) is 1. The highest BCUT2D eigenvalue weighted by molar-refractivity contribution is 7.99. The maximum atomic E-state index is 11.3. The summed E-state index contributed by atoms with van der Waals surface area (Å²) in [7, 11) is 1.39. The summed E-state index contributed by atoms with van der Waals surface area (Å²) in [5.41, 5.74) is 1.09. The second-order valence-corrected chi connectivity index (χ2v) is 4.58. The molecule has 1 rings (SSSR count). The normalized spacial score (nSPS) is 12.1. The summed E-state index contributed by atoms with van der Waals surface area (Å²) >= 11 is 1.57. The van der Waals surface area contributed by atoms with Crippen LogP contribution < -0.4 is 0 Å². The van der Waals surface area contributed by atoms with Crippen LogP contribution in [0.1, 0.15) is 17.2 Å². The van der Waals surface area contributed by atoms with Crippen molar-refractivity contribution in [1.29, 1.82) is 0 Å². The molecule has 16 heavy (non-hydrogen) atoms. The number of aliphatic hydroxyl groups excluding tert-OH is 1. The van der Waals surface area contributed by atoms with Crippen molar-refractivity contribution in [3.63, 3.8) is 0 Å². The number of benzene rings is 1. The molecule has 0 bridgehead atoms. The first kappa shape index (κ1) is 13.1. The van der Waals surface area contributed by atoms with Gasteiger partial charge >= 0.3 is 5.97 Å². The fraction of sp³-hybridized carbons (Fsp3) is 0.417. The van der Waals surface area contributed by atoms with E-state index < -0.39 is 0 Å². The van der Waals surface area contributed by atoms with Gasteiger partial charge in [0.25, 0.3) is 0 Å². The first-order valence-corrected chi connectivity index (χ1v) is 6.17. The van der Waals surface area contributed by atoms with Crippen molar-refractivity contribution in [2.24, 2.45) is 0 Å². The summed E-state index contributed by atoms with van der Waals surface area (Å²) in [4.78, 5) is 11.3. The zero-order valence-corrected chi connectivity index (χ0v) is 10.1. The van der Waals surface area contributed by atoms with Crippen LogP contribution in [0.4, 0.5) is 0 Å². The predicted molar refractivity (Wildman–Crippen MR) is 65.4 cm³/mol. The van der Waals surface area contributed by atoms with E-state index in [1.165, 1.54) is 7.11 Å². The number of methoxy groups -OCH3 is 1. The van der Waals surface area contributed by atoms with E-state index in [0.29, 0.717) is 12.2 Å². The second-order valence-electron chi connectivity index (χ2n) is 3.27. The van der Waals surface area contributed by atoms with Gasteiger partial charge in [0.2, 0.25) is 0 Å². The second kappa shape index (κ2) is 7.30. The maximum Gasteiger partial charge on any atom is 0.306 e. The zero-order valence-electron chi connectivity index (χ0n) is 9.26. The topological polar surface area (TPSA) is 46.5 Å². The lowest BCUT2D eigenvalue weighted by Gasteiger charge is -2.15. The summed E-state index contributed by atoms with van der Waals surface area (Å²) in [5, 5.41) is 8.87. The number of thioether (sulfide) groups is 1. The van der Waals surface area contributed by atoms with Crippen molar-refractivity contribution in [3.05, 3.63) is 35.9 Å². The van der Waals surface area contributed by atoms with Crippen LogP contribution in [0.3, 0.4) is 0 Å². The van der Waals surface area contributed by atoms with Gasteiger partial charge in [-0.2, -0.15) is 11.8 Å². The Morgan fingerprint density at radius 3 is 2.69 bits per heavy atom. The highest BCUT2D eigenvalue weighted by Crippen LogP contribution is 2.31. The van der Waals surface area contributed by atoms with E-state index in [1.807, 2.05) is 30.3 Å². The number of carbonyl (C=O) groups is 1. The average molecular weight is 240 g/mol. The Balaban J connectivity index is 2.67. The third-order valence-corrected chi connectivity index (χ3v) is 3.42. The van der Waals surface area contributed by atoms with Gasteiger partial charge in [0.15, 0.2) is 0 Å². The largest absolute Gasteiger partial charge is 0.469 e. The van der Waals surface area contributed by atoms with Crippen molar-refractivity contribution in [3.8, 4) is 0 Å². The van der Waals surface area contributed by atoms with E-state index in [-0.39, 0.29) is 17.8 Å². The molecule has 1 aromatic rings. The first-order valence-electron chi connectivity index (χ1n) is 5.12. The third kappa shape index (κ3) is 4.24. The van der Waals surface area contributed by atoms with Gasteiger partial charge in [-0.15, -0.1) is 0 Å². The van der Waals surface area contributed by atoms with Crippen molar-refractivity contribution in [1.82, 2.24) is 0 Å². The van der Waals surface area contributed by atoms with E-state index in [9.17, 15) is 4.79 Å². The van der Waals surface area contributed by atoms with Crippen molar-refractivity contribution >= 4 is 17.7 Å². The molecule has 0 aliphatic rings. The molecule has 4 heteroatoms. The van der Waals surface area contributed by atoms with E-state index in [1.54, 1.807) is 11.8 Å². The molecule has 0 amide bonds. The van der Waals surface area contributed by atoms with Crippen LogP contribution in [-0.2, 0) is 9.53 Å². The molecule has 3 nitrogen and oxygen atoms in total. The molecule has 1 aromatic carbocycles. The standard InChI is InChI=1S/C12H16O3S/c1-15-12(14)9-11(16-8-7-13)10-5-3-2-4-6-10/h2-6,11,13H,7-9H2,1H3. The van der Waals surface area contributed by atoms with Crippen LogP contribution in [0.2, 0.25) is 0 Å². The minimum Gasteiger partial charge on any atom is -0.469 e. The predicted octanol–water partition coefficient (Wildman–Crippen LogP) is 2.02. The first-order chi connectivity index (χ1) is 7.77. The van der Waals surface area contributed by atoms with Crippen LogP contribution >= 0.6 is 11.8 Å². The van der Waals surface area contributed by atoms with Crippen LogP contribution in [0.15, 0.2) is 30.3 Å². The molecule has 0 heterocycles. The number of aliphatic hydroxyl groups is 1. The summed E-state index contributed by atoms with van der Waals surface area (Å²) < 4.78 is 4.67. The lowest BCUT2D eigenvalue weighted by atomic mass is 10.1. The van der Waals surface area contributed by atoms with Crippen LogP contribution in [0.25, 0.3) is 0 Å². The molecule has 0 saturated carbocycles. The summed E-state index contributed by atoms with van der Waals surface area (Å²) in [5.74, 6) is 0.399. The number of carbonyl (C=O) groups excluding carboxylic acids is 1. The zero-order chi connectivity index (χ0) is 11.8. The van der Waals surface area contributed by atoms with E-state index >= 15 is 0 Å². The monoisotopic (exact) mass is 240 g/mol. The summed E-state index contributed by atoms with van der Waals surface area (Å²) in [6, 6.07) is 9.80. The van der Waals surface area contributed by atoms with Gasteiger partial charge in [-0.05, 0) is 5.56 Å². The molecule has 0 aliphatic carbocycles. The quantitative estimate of drug-likeness (QED) is 0.773. The van der Waals surface area contributed by atoms with Gasteiger partial charge in [0, 0.05) is 11.0 Å². The molecule has 0 spiro atoms. The van der Waals surface area contributed by atoms with Gasteiger partial charge in [0.05, 0.1) is 20.1 Å². The maximum absolute atomic E-state index is 11.3. The van der Waals surface area contributed by atoms with Gasteiger partial charge in [0.1, 0.15) is 0 Å².